The van der Waals surface area contributed by atoms with Gasteiger partial charge in [-0.2, -0.15) is 5.10 Å². The van der Waals surface area contributed by atoms with Crippen LogP contribution in [0.5, 0.6) is 0 Å². The Kier molecular flexibility index (Phi) is 2.94. The average molecular weight is 180 g/mol. The maximum Gasteiger partial charge on any atom is 0.0532 e. The maximum atomic E-state index is 3.91. The molecular formula is C9H16N4. The summed E-state index contributed by atoms with van der Waals surface area (Å²) in [5.41, 5.74) is 1.23. The number of H-pyrrole nitrogens is 1. The number of rotatable bonds is 3. The van der Waals surface area contributed by atoms with Crippen LogP contribution in [0.25, 0.3) is 0 Å². The SMILES string of the molecule is c1n[nH]cc1CNC1CCCNC1. The summed E-state index contributed by atoms with van der Waals surface area (Å²) < 4.78 is 0. The van der Waals surface area contributed by atoms with Crippen LogP contribution < -0.4 is 10.6 Å². The molecule has 0 bridgehead atoms. The smallest absolute Gasteiger partial charge is 0.0532 e. The maximum absolute atomic E-state index is 3.91. The lowest BCUT2D eigenvalue weighted by atomic mass is 10.1. The molecule has 0 amide bonds. The Morgan fingerprint density at radius 1 is 1.62 bits per heavy atom. The van der Waals surface area contributed by atoms with Gasteiger partial charge in [0.1, 0.15) is 0 Å². The molecule has 1 atom stereocenters. The van der Waals surface area contributed by atoms with Gasteiger partial charge < -0.3 is 10.6 Å². The van der Waals surface area contributed by atoms with Crippen LogP contribution in [-0.2, 0) is 6.54 Å². The van der Waals surface area contributed by atoms with Gasteiger partial charge in [-0.15, -0.1) is 0 Å². The minimum absolute atomic E-state index is 0.628. The van der Waals surface area contributed by atoms with E-state index >= 15 is 0 Å². The highest BCUT2D eigenvalue weighted by atomic mass is 15.1. The quantitative estimate of drug-likeness (QED) is 0.625. The molecule has 13 heavy (non-hydrogen) atoms. The van der Waals surface area contributed by atoms with Crippen molar-refractivity contribution in [3.8, 4) is 0 Å². The molecule has 0 saturated carbocycles. The molecule has 4 heteroatoms. The average Bonchev–Trinajstić information content (AvgIpc) is 2.69. The molecule has 0 aliphatic carbocycles. The second-order valence-corrected chi connectivity index (χ2v) is 3.53. The van der Waals surface area contributed by atoms with Gasteiger partial charge >= 0.3 is 0 Å². The van der Waals surface area contributed by atoms with E-state index in [1.54, 1.807) is 0 Å². The molecule has 0 radical (unpaired) electrons. The molecule has 1 aliphatic heterocycles. The number of aromatic amines is 1. The second kappa shape index (κ2) is 4.39. The molecule has 1 fully saturated rings. The molecule has 2 heterocycles. The first-order valence-corrected chi connectivity index (χ1v) is 4.87. The fourth-order valence-electron chi connectivity index (χ4n) is 1.66. The van der Waals surface area contributed by atoms with Gasteiger partial charge in [0.15, 0.2) is 0 Å². The van der Waals surface area contributed by atoms with E-state index in [1.165, 1.54) is 24.9 Å². The molecule has 2 rings (SSSR count). The van der Waals surface area contributed by atoms with Crippen molar-refractivity contribution in [3.05, 3.63) is 18.0 Å². The van der Waals surface area contributed by atoms with Crippen molar-refractivity contribution >= 4 is 0 Å². The standard InChI is InChI=1S/C9H16N4/c1-2-9(7-10-3-1)11-4-8-5-12-13-6-8/h5-6,9-11H,1-4,7H2,(H,12,13). The van der Waals surface area contributed by atoms with Crippen molar-refractivity contribution in [2.24, 2.45) is 0 Å². The van der Waals surface area contributed by atoms with Crippen LogP contribution in [-0.4, -0.2) is 29.3 Å². The van der Waals surface area contributed by atoms with Crippen LogP contribution in [0.3, 0.4) is 0 Å². The summed E-state index contributed by atoms with van der Waals surface area (Å²) in [6, 6.07) is 0.628. The van der Waals surface area contributed by atoms with Gasteiger partial charge in [-0.05, 0) is 19.4 Å². The summed E-state index contributed by atoms with van der Waals surface area (Å²) in [4.78, 5) is 0. The van der Waals surface area contributed by atoms with Crippen LogP contribution in [0.2, 0.25) is 0 Å². The third-order valence-corrected chi connectivity index (χ3v) is 2.45. The summed E-state index contributed by atoms with van der Waals surface area (Å²) in [6.07, 6.45) is 6.36. The van der Waals surface area contributed by atoms with Crippen molar-refractivity contribution in [3.63, 3.8) is 0 Å². The highest BCUT2D eigenvalue weighted by Gasteiger charge is 2.11. The van der Waals surface area contributed by atoms with E-state index in [9.17, 15) is 0 Å². The molecule has 0 spiro atoms. The van der Waals surface area contributed by atoms with E-state index in [0.717, 1.165) is 13.1 Å². The molecule has 0 aromatic carbocycles. The minimum atomic E-state index is 0.628. The Bertz CT molecular complexity index is 226. The Morgan fingerprint density at radius 2 is 2.62 bits per heavy atom. The van der Waals surface area contributed by atoms with Crippen molar-refractivity contribution in [2.75, 3.05) is 13.1 Å². The van der Waals surface area contributed by atoms with Crippen molar-refractivity contribution in [1.29, 1.82) is 0 Å². The van der Waals surface area contributed by atoms with Gasteiger partial charge in [-0.1, -0.05) is 0 Å². The Labute approximate surface area is 78.1 Å². The van der Waals surface area contributed by atoms with Crippen molar-refractivity contribution in [1.82, 2.24) is 20.8 Å². The molecule has 1 aromatic heterocycles. The van der Waals surface area contributed by atoms with Gasteiger partial charge in [0.05, 0.1) is 6.20 Å². The van der Waals surface area contributed by atoms with Gasteiger partial charge in [-0.25, -0.2) is 0 Å². The highest BCUT2D eigenvalue weighted by molar-refractivity contribution is 5.01. The summed E-state index contributed by atoms with van der Waals surface area (Å²) >= 11 is 0. The van der Waals surface area contributed by atoms with E-state index in [-0.39, 0.29) is 0 Å². The summed E-state index contributed by atoms with van der Waals surface area (Å²) in [5.74, 6) is 0. The predicted molar refractivity (Wildman–Crippen MR) is 51.3 cm³/mol. The molecule has 1 unspecified atom stereocenters. The fraction of sp³-hybridized carbons (Fsp3) is 0.667. The normalized spacial score (nSPS) is 23.2. The Hall–Kier alpha value is -0.870. The summed E-state index contributed by atoms with van der Waals surface area (Å²) in [5, 5.41) is 13.6. The Balaban J connectivity index is 1.72. The fourth-order valence-corrected chi connectivity index (χ4v) is 1.66. The molecular weight excluding hydrogens is 164 g/mol. The number of nitrogens with zero attached hydrogens (tertiary/aromatic N) is 1. The second-order valence-electron chi connectivity index (χ2n) is 3.53. The first-order valence-electron chi connectivity index (χ1n) is 4.87. The van der Waals surface area contributed by atoms with E-state index in [2.05, 4.69) is 20.8 Å². The zero-order valence-electron chi connectivity index (χ0n) is 7.71. The molecule has 1 aromatic rings. The molecule has 3 N–H and O–H groups in total. The number of hydrogen-bond acceptors (Lipinski definition) is 3. The molecule has 1 aliphatic rings. The van der Waals surface area contributed by atoms with Crippen LogP contribution >= 0.6 is 0 Å². The van der Waals surface area contributed by atoms with Gasteiger partial charge in [0.2, 0.25) is 0 Å². The molecule has 72 valence electrons. The van der Waals surface area contributed by atoms with Crippen LogP contribution in [0, 0.1) is 0 Å². The lowest BCUT2D eigenvalue weighted by Gasteiger charge is -2.23. The predicted octanol–water partition coefficient (Wildman–Crippen LogP) is 0.251. The number of hydrogen-bond donors (Lipinski definition) is 3. The zero-order chi connectivity index (χ0) is 8.93. The van der Waals surface area contributed by atoms with E-state index in [0.29, 0.717) is 6.04 Å². The first-order chi connectivity index (χ1) is 6.45. The Morgan fingerprint density at radius 3 is 3.31 bits per heavy atom. The van der Waals surface area contributed by atoms with Crippen molar-refractivity contribution in [2.45, 2.75) is 25.4 Å². The van der Waals surface area contributed by atoms with Gasteiger partial charge in [0, 0.05) is 30.9 Å². The lowest BCUT2D eigenvalue weighted by molar-refractivity contribution is 0.389. The van der Waals surface area contributed by atoms with E-state index < -0.39 is 0 Å². The monoisotopic (exact) mass is 180 g/mol. The summed E-state index contributed by atoms with van der Waals surface area (Å²) in [6.45, 7) is 3.19. The first kappa shape index (κ1) is 8.72. The number of nitrogens with one attached hydrogen (secondary N) is 3. The molecule has 4 nitrogen and oxygen atoms in total. The minimum Gasteiger partial charge on any atom is -0.315 e. The zero-order valence-corrected chi connectivity index (χ0v) is 7.71. The number of piperidine rings is 1. The third-order valence-electron chi connectivity index (χ3n) is 2.45. The van der Waals surface area contributed by atoms with Crippen LogP contribution in [0.1, 0.15) is 18.4 Å². The van der Waals surface area contributed by atoms with E-state index in [1.807, 2.05) is 12.4 Å². The highest BCUT2D eigenvalue weighted by Crippen LogP contribution is 2.02. The number of aromatic nitrogens is 2. The lowest BCUT2D eigenvalue weighted by Crippen LogP contribution is -2.42. The van der Waals surface area contributed by atoms with Crippen LogP contribution in [0.4, 0.5) is 0 Å². The van der Waals surface area contributed by atoms with Gasteiger partial charge in [-0.3, -0.25) is 5.10 Å². The molecule has 1 saturated heterocycles. The van der Waals surface area contributed by atoms with E-state index in [4.69, 9.17) is 0 Å². The third kappa shape index (κ3) is 2.54. The largest absolute Gasteiger partial charge is 0.315 e. The topological polar surface area (TPSA) is 52.7 Å². The van der Waals surface area contributed by atoms with Gasteiger partial charge in [0.25, 0.3) is 0 Å². The van der Waals surface area contributed by atoms with Crippen molar-refractivity contribution < 1.29 is 0 Å². The van der Waals surface area contributed by atoms with Crippen LogP contribution in [0.15, 0.2) is 12.4 Å². The summed E-state index contributed by atoms with van der Waals surface area (Å²) in [7, 11) is 0.